The largest absolute Gasteiger partial charge is 0.506 e. The lowest BCUT2D eigenvalue weighted by Crippen LogP contribution is -2.52. The summed E-state index contributed by atoms with van der Waals surface area (Å²) < 4.78 is 0. The molecular weight excluding hydrogens is 276 g/mol. The third-order valence-electron chi connectivity index (χ3n) is 3.36. The number of rotatable bonds is 3. The monoisotopic (exact) mass is 291 g/mol. The van der Waals surface area contributed by atoms with Gasteiger partial charge in [-0.2, -0.15) is 0 Å². The first-order chi connectivity index (χ1) is 9.30. The van der Waals surface area contributed by atoms with Gasteiger partial charge in [-0.15, -0.1) is 0 Å². The van der Waals surface area contributed by atoms with E-state index < -0.39 is 11.4 Å². The van der Waals surface area contributed by atoms with E-state index in [4.69, 9.17) is 17.3 Å². The molecule has 5 heteroatoms. The summed E-state index contributed by atoms with van der Waals surface area (Å²) in [6, 6.07) is 7.32. The Hall–Kier alpha value is -1.94. The number of primary amides is 1. The maximum Gasteiger partial charge on any atom is 0.242 e. The number of aliphatic hydroxyl groups is 1. The quantitative estimate of drug-likeness (QED) is 0.899. The van der Waals surface area contributed by atoms with Crippen molar-refractivity contribution in [3.63, 3.8) is 0 Å². The van der Waals surface area contributed by atoms with Crippen LogP contribution >= 0.6 is 11.6 Å². The maximum absolute atomic E-state index is 11.5. The summed E-state index contributed by atoms with van der Waals surface area (Å²) in [4.78, 5) is 13.1. The molecule has 1 heterocycles. The van der Waals surface area contributed by atoms with Crippen LogP contribution in [-0.2, 0) is 4.79 Å². The molecule has 2 rings (SSSR count). The van der Waals surface area contributed by atoms with Gasteiger partial charge in [0, 0.05) is 11.6 Å². The van der Waals surface area contributed by atoms with Crippen LogP contribution in [0.1, 0.15) is 19.4 Å². The molecule has 0 unspecified atom stereocenters. The minimum Gasteiger partial charge on any atom is -0.506 e. The first-order valence-corrected chi connectivity index (χ1v) is 6.55. The van der Waals surface area contributed by atoms with Gasteiger partial charge >= 0.3 is 0 Å². The zero-order chi connectivity index (χ0) is 14.9. The Kier molecular flexibility index (Phi) is 3.77. The van der Waals surface area contributed by atoms with E-state index in [0.717, 1.165) is 11.1 Å². The fourth-order valence-electron chi connectivity index (χ4n) is 1.92. The molecule has 4 nitrogen and oxygen atoms in total. The molecule has 1 aromatic rings. The van der Waals surface area contributed by atoms with Crippen LogP contribution in [0.3, 0.4) is 0 Å². The van der Waals surface area contributed by atoms with E-state index in [9.17, 15) is 9.90 Å². The SMILES string of the molecule is CC(C)(C(N)=O)N1[C]=C(O)C=C(c2cccc(Cl)c2)C1. The van der Waals surface area contributed by atoms with Gasteiger partial charge < -0.3 is 15.7 Å². The molecule has 20 heavy (non-hydrogen) atoms. The van der Waals surface area contributed by atoms with Crippen LogP contribution in [0.25, 0.3) is 5.57 Å². The standard InChI is InChI=1S/C15H16ClN2O2/c1-15(2,14(17)20)18-8-11(7-13(19)9-18)10-4-3-5-12(16)6-10/h3-7,19H,8H2,1-2H3,(H2,17,20). The molecule has 0 bridgehead atoms. The number of halogens is 1. The molecule has 105 valence electrons. The highest BCUT2D eigenvalue weighted by atomic mass is 35.5. The summed E-state index contributed by atoms with van der Waals surface area (Å²) >= 11 is 5.98. The lowest BCUT2D eigenvalue weighted by molar-refractivity contribution is -0.126. The molecule has 0 spiro atoms. The van der Waals surface area contributed by atoms with Gasteiger partial charge in [0.15, 0.2) is 0 Å². The van der Waals surface area contributed by atoms with Crippen molar-refractivity contribution in [3.05, 3.63) is 52.9 Å². The minimum atomic E-state index is -0.938. The normalized spacial score (nSPS) is 15.7. The Labute approximate surface area is 123 Å². The molecule has 0 atom stereocenters. The molecule has 0 saturated heterocycles. The third kappa shape index (κ3) is 2.80. The Bertz CT molecular complexity index is 606. The molecule has 1 radical (unpaired) electrons. The van der Waals surface area contributed by atoms with Gasteiger partial charge in [-0.1, -0.05) is 23.7 Å². The van der Waals surface area contributed by atoms with Gasteiger partial charge in [0.2, 0.25) is 5.91 Å². The van der Waals surface area contributed by atoms with Crippen LogP contribution < -0.4 is 5.73 Å². The van der Waals surface area contributed by atoms with Crippen LogP contribution in [0.15, 0.2) is 36.1 Å². The zero-order valence-corrected chi connectivity index (χ0v) is 12.1. The van der Waals surface area contributed by atoms with Gasteiger partial charge in [0.05, 0.1) is 0 Å². The Balaban J connectivity index is 2.35. The highest BCUT2D eigenvalue weighted by Crippen LogP contribution is 2.27. The van der Waals surface area contributed by atoms with Crippen molar-refractivity contribution in [3.8, 4) is 0 Å². The maximum atomic E-state index is 11.5. The molecule has 0 saturated carbocycles. The van der Waals surface area contributed by atoms with Gasteiger partial charge in [-0.3, -0.25) is 4.79 Å². The first-order valence-electron chi connectivity index (χ1n) is 6.17. The summed E-state index contributed by atoms with van der Waals surface area (Å²) in [6.45, 7) is 3.80. The number of benzene rings is 1. The second-order valence-corrected chi connectivity index (χ2v) is 5.62. The average molecular weight is 292 g/mol. The summed E-state index contributed by atoms with van der Waals surface area (Å²) in [5, 5.41) is 10.4. The molecule has 0 aromatic heterocycles. The van der Waals surface area contributed by atoms with E-state index in [1.54, 1.807) is 37.0 Å². The first kappa shape index (κ1) is 14.5. The van der Waals surface area contributed by atoms with E-state index in [1.807, 2.05) is 12.1 Å². The molecule has 1 aliphatic rings. The zero-order valence-electron chi connectivity index (χ0n) is 11.4. The number of hydrogen-bond acceptors (Lipinski definition) is 3. The molecule has 1 aromatic carbocycles. The lowest BCUT2D eigenvalue weighted by atomic mass is 9.96. The van der Waals surface area contributed by atoms with E-state index in [1.165, 1.54) is 0 Å². The van der Waals surface area contributed by atoms with E-state index >= 15 is 0 Å². The van der Waals surface area contributed by atoms with Crippen molar-refractivity contribution >= 4 is 23.1 Å². The summed E-state index contributed by atoms with van der Waals surface area (Å²) in [5.74, 6) is -0.523. The second kappa shape index (κ2) is 5.21. The third-order valence-corrected chi connectivity index (χ3v) is 3.60. The van der Waals surface area contributed by atoms with Gasteiger partial charge in [0.25, 0.3) is 0 Å². The Morgan fingerprint density at radius 3 is 2.80 bits per heavy atom. The van der Waals surface area contributed by atoms with Crippen molar-refractivity contribution < 1.29 is 9.90 Å². The van der Waals surface area contributed by atoms with Crippen LogP contribution in [0.5, 0.6) is 0 Å². The predicted molar refractivity (Wildman–Crippen MR) is 78.8 cm³/mol. The van der Waals surface area contributed by atoms with E-state index in [0.29, 0.717) is 11.6 Å². The van der Waals surface area contributed by atoms with E-state index in [2.05, 4.69) is 6.20 Å². The smallest absolute Gasteiger partial charge is 0.242 e. The number of nitrogens with two attached hydrogens (primary N) is 1. The highest BCUT2D eigenvalue weighted by Gasteiger charge is 2.33. The summed E-state index contributed by atoms with van der Waals surface area (Å²) in [7, 11) is 0. The Morgan fingerprint density at radius 1 is 1.50 bits per heavy atom. The minimum absolute atomic E-state index is 0.0412. The van der Waals surface area contributed by atoms with Gasteiger partial charge in [-0.25, -0.2) is 0 Å². The molecule has 1 aliphatic heterocycles. The van der Waals surface area contributed by atoms with Crippen LogP contribution in [0.4, 0.5) is 0 Å². The van der Waals surface area contributed by atoms with Crippen molar-refractivity contribution in [1.82, 2.24) is 4.90 Å². The van der Waals surface area contributed by atoms with Crippen LogP contribution in [0, 0.1) is 6.20 Å². The highest BCUT2D eigenvalue weighted by molar-refractivity contribution is 6.30. The van der Waals surface area contributed by atoms with Crippen molar-refractivity contribution in [1.29, 1.82) is 0 Å². The number of amides is 1. The fourth-order valence-corrected chi connectivity index (χ4v) is 2.11. The van der Waals surface area contributed by atoms with Gasteiger partial charge in [0.1, 0.15) is 17.5 Å². The van der Waals surface area contributed by atoms with Crippen molar-refractivity contribution in [2.24, 2.45) is 5.73 Å². The molecule has 0 aliphatic carbocycles. The summed E-state index contributed by atoms with van der Waals surface area (Å²) in [6.07, 6.45) is 4.36. The lowest BCUT2D eigenvalue weighted by Gasteiger charge is -2.36. The number of aliphatic hydroxyl groups excluding tert-OH is 1. The van der Waals surface area contributed by atoms with Crippen molar-refractivity contribution in [2.75, 3.05) is 6.54 Å². The van der Waals surface area contributed by atoms with E-state index in [-0.39, 0.29) is 5.76 Å². The predicted octanol–water partition coefficient (Wildman–Crippen LogP) is 2.51. The second-order valence-electron chi connectivity index (χ2n) is 5.19. The van der Waals surface area contributed by atoms with Crippen molar-refractivity contribution in [2.45, 2.75) is 19.4 Å². The molecule has 3 N–H and O–H groups in total. The fraction of sp³-hybridized carbons (Fsp3) is 0.267. The van der Waals surface area contributed by atoms with Crippen LogP contribution in [-0.4, -0.2) is 28.0 Å². The number of hydrogen-bond donors (Lipinski definition) is 2. The number of nitrogens with zero attached hydrogens (tertiary/aromatic N) is 1. The topological polar surface area (TPSA) is 66.6 Å². The number of allylic oxidation sites excluding steroid dienone is 1. The molecule has 0 fully saturated rings. The number of carbonyl (C=O) groups excluding carboxylic acids is 1. The van der Waals surface area contributed by atoms with Crippen LogP contribution in [0.2, 0.25) is 5.02 Å². The average Bonchev–Trinajstić information content (AvgIpc) is 2.37. The number of carbonyl (C=O) groups is 1. The van der Waals surface area contributed by atoms with Gasteiger partial charge in [-0.05, 0) is 43.2 Å². The Morgan fingerprint density at radius 2 is 2.20 bits per heavy atom. The molecular formula is C15H16ClN2O2. The molecule has 1 amide bonds. The summed E-state index contributed by atoms with van der Waals surface area (Å²) in [5.41, 5.74) is 6.19.